The number of piperidine rings is 1. The highest BCUT2D eigenvalue weighted by molar-refractivity contribution is 5.85. The Morgan fingerprint density at radius 1 is 1.11 bits per heavy atom. The lowest BCUT2D eigenvalue weighted by Gasteiger charge is -2.30. The first-order valence-corrected chi connectivity index (χ1v) is 7.31. The first kappa shape index (κ1) is 15.8. The van der Waals surface area contributed by atoms with Crippen molar-refractivity contribution < 1.29 is 4.79 Å². The summed E-state index contributed by atoms with van der Waals surface area (Å²) >= 11 is 0. The Kier molecular flexibility index (Phi) is 7.02. The fraction of sp³-hybridized carbons (Fsp3) is 0.929. The van der Waals surface area contributed by atoms with E-state index in [4.69, 9.17) is 0 Å². The van der Waals surface area contributed by atoms with Crippen molar-refractivity contribution in [2.75, 3.05) is 6.54 Å². The third-order valence-corrected chi connectivity index (χ3v) is 4.35. The number of amides is 1. The zero-order valence-electron chi connectivity index (χ0n) is 11.4. The van der Waals surface area contributed by atoms with Crippen molar-refractivity contribution in [3.05, 3.63) is 0 Å². The molecule has 1 saturated carbocycles. The Balaban J connectivity index is 0.00000162. The summed E-state index contributed by atoms with van der Waals surface area (Å²) < 4.78 is 0. The van der Waals surface area contributed by atoms with Crippen LogP contribution in [-0.2, 0) is 4.79 Å². The van der Waals surface area contributed by atoms with Crippen molar-refractivity contribution in [2.45, 2.75) is 70.4 Å². The van der Waals surface area contributed by atoms with Gasteiger partial charge in [0.25, 0.3) is 0 Å². The van der Waals surface area contributed by atoms with Crippen molar-refractivity contribution in [3.63, 3.8) is 0 Å². The van der Waals surface area contributed by atoms with Gasteiger partial charge in [-0.1, -0.05) is 25.7 Å². The summed E-state index contributed by atoms with van der Waals surface area (Å²) in [6, 6.07) is 0.418. The molecule has 1 aliphatic carbocycles. The van der Waals surface area contributed by atoms with E-state index < -0.39 is 0 Å². The topological polar surface area (TPSA) is 41.1 Å². The van der Waals surface area contributed by atoms with E-state index in [-0.39, 0.29) is 24.4 Å². The number of carbonyl (C=O) groups is 1. The average molecular weight is 275 g/mol. The summed E-state index contributed by atoms with van der Waals surface area (Å²) in [5.74, 6) is 0.930. The van der Waals surface area contributed by atoms with Crippen LogP contribution in [0, 0.1) is 5.92 Å². The maximum Gasteiger partial charge on any atom is 0.237 e. The van der Waals surface area contributed by atoms with E-state index in [0.717, 1.165) is 13.0 Å². The first-order chi connectivity index (χ1) is 8.27. The van der Waals surface area contributed by atoms with Gasteiger partial charge in [0.15, 0.2) is 0 Å². The number of carbonyl (C=O) groups excluding carboxylic acids is 1. The second-order valence-corrected chi connectivity index (χ2v) is 5.70. The van der Waals surface area contributed by atoms with Gasteiger partial charge in [-0.2, -0.15) is 0 Å². The predicted octanol–water partition coefficient (Wildman–Crippen LogP) is 2.64. The van der Waals surface area contributed by atoms with Crippen LogP contribution in [0.3, 0.4) is 0 Å². The Labute approximate surface area is 117 Å². The Morgan fingerprint density at radius 2 is 1.78 bits per heavy atom. The van der Waals surface area contributed by atoms with Crippen molar-refractivity contribution in [2.24, 2.45) is 5.92 Å². The van der Waals surface area contributed by atoms with Gasteiger partial charge in [-0.3, -0.25) is 4.79 Å². The molecule has 1 saturated heterocycles. The lowest BCUT2D eigenvalue weighted by atomic mass is 9.84. The van der Waals surface area contributed by atoms with E-state index in [0.29, 0.717) is 12.0 Å². The van der Waals surface area contributed by atoms with Crippen LogP contribution < -0.4 is 10.6 Å². The minimum Gasteiger partial charge on any atom is -0.352 e. The molecule has 2 N–H and O–H groups in total. The normalized spacial score (nSPS) is 27.1. The molecular weight excluding hydrogens is 248 g/mol. The molecule has 0 bridgehead atoms. The van der Waals surface area contributed by atoms with Crippen LogP contribution in [0.2, 0.25) is 0 Å². The first-order valence-electron chi connectivity index (χ1n) is 7.31. The molecule has 0 aromatic carbocycles. The second kappa shape index (κ2) is 8.00. The van der Waals surface area contributed by atoms with Crippen LogP contribution in [0.1, 0.15) is 58.3 Å². The average Bonchev–Trinajstić information content (AvgIpc) is 2.40. The van der Waals surface area contributed by atoms with E-state index in [1.54, 1.807) is 0 Å². The summed E-state index contributed by atoms with van der Waals surface area (Å²) in [6.07, 6.45) is 10.0. The molecule has 3 nitrogen and oxygen atoms in total. The highest BCUT2D eigenvalue weighted by Crippen LogP contribution is 2.26. The second-order valence-electron chi connectivity index (χ2n) is 5.70. The third-order valence-electron chi connectivity index (χ3n) is 4.35. The van der Waals surface area contributed by atoms with E-state index in [2.05, 4.69) is 17.6 Å². The van der Waals surface area contributed by atoms with Crippen LogP contribution in [-0.4, -0.2) is 24.5 Å². The molecule has 106 valence electrons. The molecular formula is C14H27ClN2O. The molecule has 1 amide bonds. The monoisotopic (exact) mass is 274 g/mol. The van der Waals surface area contributed by atoms with Gasteiger partial charge in [0.05, 0.1) is 6.04 Å². The van der Waals surface area contributed by atoms with E-state index in [1.165, 1.54) is 44.9 Å². The molecule has 0 radical (unpaired) electrons. The van der Waals surface area contributed by atoms with Crippen LogP contribution in [0.25, 0.3) is 0 Å². The minimum absolute atomic E-state index is 0. The molecule has 2 atom stereocenters. The molecule has 1 unspecified atom stereocenters. The van der Waals surface area contributed by atoms with Gasteiger partial charge < -0.3 is 10.6 Å². The molecule has 2 rings (SSSR count). The molecule has 0 spiro atoms. The van der Waals surface area contributed by atoms with Crippen molar-refractivity contribution in [3.8, 4) is 0 Å². The lowest BCUT2D eigenvalue weighted by Crippen LogP contribution is -2.50. The van der Waals surface area contributed by atoms with Crippen molar-refractivity contribution in [1.82, 2.24) is 10.6 Å². The number of halogens is 1. The molecule has 1 heterocycles. The Hall–Kier alpha value is -0.280. The fourth-order valence-corrected chi connectivity index (χ4v) is 3.15. The fourth-order valence-electron chi connectivity index (χ4n) is 3.15. The van der Waals surface area contributed by atoms with Crippen molar-refractivity contribution >= 4 is 18.3 Å². The van der Waals surface area contributed by atoms with E-state index in [9.17, 15) is 4.79 Å². The molecule has 1 aliphatic heterocycles. The Bertz CT molecular complexity index is 248. The number of nitrogens with one attached hydrogen (secondary N) is 2. The largest absolute Gasteiger partial charge is 0.352 e. The van der Waals surface area contributed by atoms with Gasteiger partial charge in [0.2, 0.25) is 5.91 Å². The SMILES string of the molecule is CC(NC(=O)[C@@H]1CCCCN1)C1CCCCC1.Cl. The van der Waals surface area contributed by atoms with Gasteiger partial charge in [-0.05, 0) is 45.1 Å². The maximum absolute atomic E-state index is 12.1. The molecule has 0 aromatic heterocycles. The quantitative estimate of drug-likeness (QED) is 0.831. The summed E-state index contributed by atoms with van der Waals surface area (Å²) in [7, 11) is 0. The summed E-state index contributed by atoms with van der Waals surface area (Å²) in [5.41, 5.74) is 0. The summed E-state index contributed by atoms with van der Waals surface area (Å²) in [4.78, 5) is 12.1. The standard InChI is InChI=1S/C14H26N2O.ClH/c1-11(12-7-3-2-4-8-12)16-14(17)13-9-5-6-10-15-13;/h11-13,15H,2-10H2,1H3,(H,16,17);1H/t11?,13-;/m0./s1. The third kappa shape index (κ3) is 4.43. The van der Waals surface area contributed by atoms with Crippen LogP contribution in [0.15, 0.2) is 0 Å². The van der Waals surface area contributed by atoms with Gasteiger partial charge >= 0.3 is 0 Å². The zero-order valence-corrected chi connectivity index (χ0v) is 12.2. The summed E-state index contributed by atoms with van der Waals surface area (Å²) in [5, 5.41) is 6.53. The van der Waals surface area contributed by atoms with E-state index >= 15 is 0 Å². The highest BCUT2D eigenvalue weighted by Gasteiger charge is 2.25. The number of rotatable bonds is 3. The highest BCUT2D eigenvalue weighted by atomic mass is 35.5. The Morgan fingerprint density at radius 3 is 2.39 bits per heavy atom. The maximum atomic E-state index is 12.1. The zero-order chi connectivity index (χ0) is 12.1. The predicted molar refractivity (Wildman–Crippen MR) is 77.1 cm³/mol. The molecule has 4 heteroatoms. The number of hydrogen-bond acceptors (Lipinski definition) is 2. The number of hydrogen-bond donors (Lipinski definition) is 2. The van der Waals surface area contributed by atoms with Crippen LogP contribution in [0.5, 0.6) is 0 Å². The molecule has 18 heavy (non-hydrogen) atoms. The smallest absolute Gasteiger partial charge is 0.237 e. The van der Waals surface area contributed by atoms with Gasteiger partial charge in [-0.25, -0.2) is 0 Å². The van der Waals surface area contributed by atoms with Crippen LogP contribution >= 0.6 is 12.4 Å². The van der Waals surface area contributed by atoms with Gasteiger partial charge in [0.1, 0.15) is 0 Å². The van der Waals surface area contributed by atoms with Crippen LogP contribution in [0.4, 0.5) is 0 Å². The van der Waals surface area contributed by atoms with Gasteiger partial charge in [0, 0.05) is 6.04 Å². The minimum atomic E-state index is 0. The van der Waals surface area contributed by atoms with E-state index in [1.807, 2.05) is 0 Å². The lowest BCUT2D eigenvalue weighted by molar-refractivity contribution is -0.124. The van der Waals surface area contributed by atoms with Crippen molar-refractivity contribution in [1.29, 1.82) is 0 Å². The van der Waals surface area contributed by atoms with Gasteiger partial charge in [-0.15, -0.1) is 12.4 Å². The molecule has 2 aliphatic rings. The molecule has 0 aromatic rings. The molecule has 2 fully saturated rings. The summed E-state index contributed by atoms with van der Waals surface area (Å²) in [6.45, 7) is 3.17.